The number of benzene rings is 3. The minimum absolute atomic E-state index is 0.0833. The normalized spacial score (nSPS) is 11.6. The third kappa shape index (κ3) is 4.92. The maximum atomic E-state index is 13.6. The molecule has 1 N–H and O–H groups in total. The highest BCUT2D eigenvalue weighted by Gasteiger charge is 2.24. The molecule has 3 aromatic carbocycles. The minimum atomic E-state index is -4.03. The number of aryl methyl sites for hydroxylation is 1. The summed E-state index contributed by atoms with van der Waals surface area (Å²) >= 11 is 0. The van der Waals surface area contributed by atoms with Crippen molar-refractivity contribution in [1.82, 2.24) is 15.1 Å². The summed E-state index contributed by atoms with van der Waals surface area (Å²) < 4.78 is 46.5. The van der Waals surface area contributed by atoms with Crippen LogP contribution in [0.25, 0.3) is 33.9 Å². The molecule has 10 heteroatoms. The van der Waals surface area contributed by atoms with Gasteiger partial charge in [-0.25, -0.2) is 23.1 Å². The second kappa shape index (κ2) is 10.3. The van der Waals surface area contributed by atoms with E-state index in [0.717, 1.165) is 16.7 Å². The van der Waals surface area contributed by atoms with Gasteiger partial charge < -0.3 is 13.4 Å². The van der Waals surface area contributed by atoms with Crippen LogP contribution in [-0.2, 0) is 16.4 Å². The van der Waals surface area contributed by atoms with Gasteiger partial charge in [0.05, 0.1) is 29.4 Å². The van der Waals surface area contributed by atoms with Crippen LogP contribution in [0.3, 0.4) is 0 Å². The second-order valence-corrected chi connectivity index (χ2v) is 10.8. The molecule has 6 aromatic rings. The van der Waals surface area contributed by atoms with Crippen LogP contribution in [0.15, 0.2) is 110 Å². The van der Waals surface area contributed by atoms with Gasteiger partial charge in [0.1, 0.15) is 6.26 Å². The molecule has 40 heavy (non-hydrogen) atoms. The van der Waals surface area contributed by atoms with Gasteiger partial charge in [-0.05, 0) is 43.2 Å². The van der Waals surface area contributed by atoms with E-state index in [0.29, 0.717) is 46.3 Å². The van der Waals surface area contributed by atoms with Crippen molar-refractivity contribution in [2.45, 2.75) is 25.2 Å². The molecule has 0 bridgehead atoms. The number of hydrogen-bond donors (Lipinski definition) is 1. The van der Waals surface area contributed by atoms with Gasteiger partial charge in [0.25, 0.3) is 10.0 Å². The predicted molar refractivity (Wildman–Crippen MR) is 149 cm³/mol. The Bertz CT molecular complexity index is 1890. The molecule has 0 saturated heterocycles. The van der Waals surface area contributed by atoms with Gasteiger partial charge in [0.2, 0.25) is 11.8 Å². The summed E-state index contributed by atoms with van der Waals surface area (Å²) in [5.74, 6) is 1.66. The fourth-order valence-corrected chi connectivity index (χ4v) is 5.67. The van der Waals surface area contributed by atoms with Crippen molar-refractivity contribution in [1.29, 1.82) is 0 Å². The smallest absolute Gasteiger partial charge is 0.264 e. The molecule has 0 saturated carbocycles. The third-order valence-corrected chi connectivity index (χ3v) is 7.98. The van der Waals surface area contributed by atoms with E-state index in [4.69, 9.17) is 13.4 Å². The van der Waals surface area contributed by atoms with E-state index >= 15 is 0 Å². The number of nitrogens with zero attached hydrogens (tertiary/aromatic N) is 3. The first-order chi connectivity index (χ1) is 19.4. The highest BCUT2D eigenvalue weighted by molar-refractivity contribution is 7.92. The van der Waals surface area contributed by atoms with Gasteiger partial charge in [-0.3, -0.25) is 0 Å². The molecule has 0 spiro atoms. The number of anilines is 1. The number of rotatable bonds is 8. The molecule has 0 aliphatic rings. The third-order valence-electron chi connectivity index (χ3n) is 6.59. The molecule has 9 nitrogen and oxygen atoms in total. The molecule has 0 radical (unpaired) electrons. The van der Waals surface area contributed by atoms with Crippen LogP contribution in [0.1, 0.15) is 22.7 Å². The van der Waals surface area contributed by atoms with Gasteiger partial charge in [0, 0.05) is 22.3 Å². The van der Waals surface area contributed by atoms with Gasteiger partial charge >= 0.3 is 0 Å². The number of nitrogens with one attached hydrogen (secondary N) is 1. The molecule has 6 rings (SSSR count). The Balaban J connectivity index is 1.43. The van der Waals surface area contributed by atoms with E-state index in [1.807, 2.05) is 48.5 Å². The Labute approximate surface area is 230 Å². The van der Waals surface area contributed by atoms with Crippen molar-refractivity contribution in [3.05, 3.63) is 114 Å². The quantitative estimate of drug-likeness (QED) is 0.222. The van der Waals surface area contributed by atoms with E-state index in [-0.39, 0.29) is 10.8 Å². The van der Waals surface area contributed by atoms with Crippen molar-refractivity contribution in [2.75, 3.05) is 4.72 Å². The van der Waals surface area contributed by atoms with Crippen molar-refractivity contribution in [3.63, 3.8) is 0 Å². The lowest BCUT2D eigenvalue weighted by Crippen LogP contribution is -2.14. The first-order valence-electron chi connectivity index (χ1n) is 12.5. The van der Waals surface area contributed by atoms with E-state index in [2.05, 4.69) is 19.8 Å². The van der Waals surface area contributed by atoms with Gasteiger partial charge in [-0.1, -0.05) is 59.8 Å². The van der Waals surface area contributed by atoms with Crippen LogP contribution >= 0.6 is 0 Å². The van der Waals surface area contributed by atoms with Crippen molar-refractivity contribution in [2.24, 2.45) is 0 Å². The van der Waals surface area contributed by atoms with E-state index in [1.165, 1.54) is 6.26 Å². The molecule has 0 atom stereocenters. The second-order valence-electron chi connectivity index (χ2n) is 9.19. The molecule has 200 valence electrons. The lowest BCUT2D eigenvalue weighted by Gasteiger charge is -2.15. The number of hydrogen-bond acceptors (Lipinski definition) is 8. The molecule has 0 fully saturated rings. The van der Waals surface area contributed by atoms with Gasteiger partial charge in [-0.2, -0.15) is 0 Å². The van der Waals surface area contributed by atoms with E-state index in [9.17, 15) is 8.42 Å². The summed E-state index contributed by atoms with van der Waals surface area (Å²) in [5, 5.41) is 3.86. The summed E-state index contributed by atoms with van der Waals surface area (Å²) in [6, 6.07) is 22.1. The molecule has 0 unspecified atom stereocenters. The van der Waals surface area contributed by atoms with Crippen LogP contribution in [0.5, 0.6) is 0 Å². The topological polar surface area (TPSA) is 124 Å². The van der Waals surface area contributed by atoms with Crippen LogP contribution in [0.4, 0.5) is 5.88 Å². The predicted octanol–water partition coefficient (Wildman–Crippen LogP) is 6.66. The number of oxazole rings is 2. The highest BCUT2D eigenvalue weighted by Crippen LogP contribution is 2.35. The molecule has 0 aliphatic heterocycles. The Kier molecular flexibility index (Phi) is 6.53. The molecular formula is C30H24N4O5S. The Hall–Kier alpha value is -4.96. The summed E-state index contributed by atoms with van der Waals surface area (Å²) in [7, 11) is -4.03. The molecule has 3 aromatic heterocycles. The first kappa shape index (κ1) is 25.3. The molecular weight excluding hydrogens is 528 g/mol. The first-order valence-corrected chi connectivity index (χ1v) is 14.0. The Morgan fingerprint density at radius 1 is 0.875 bits per heavy atom. The van der Waals surface area contributed by atoms with Gasteiger partial charge in [-0.15, -0.1) is 0 Å². The largest absolute Gasteiger partial charge is 0.445 e. The van der Waals surface area contributed by atoms with Crippen LogP contribution in [0.2, 0.25) is 0 Å². The molecule has 3 heterocycles. The zero-order valence-corrected chi connectivity index (χ0v) is 22.5. The standard InChI is InChI=1S/C30H24N4O5S/c1-19-20(2)33-39-29(19)34-40(35,36)27-11-7-6-10-25(27)24-13-12-22(30-31-14-15-37-30)16-23(24)17-28-32-18-26(38-28)21-8-4-3-5-9-21/h3-16,18,34H,17H2,1-2H3. The monoisotopic (exact) mass is 552 g/mol. The Morgan fingerprint density at radius 3 is 2.42 bits per heavy atom. The summed E-state index contributed by atoms with van der Waals surface area (Å²) in [4.78, 5) is 8.85. The lowest BCUT2D eigenvalue weighted by molar-refractivity contribution is 0.430. The Morgan fingerprint density at radius 2 is 1.68 bits per heavy atom. The van der Waals surface area contributed by atoms with Gasteiger partial charge in [0.15, 0.2) is 11.7 Å². The van der Waals surface area contributed by atoms with Crippen molar-refractivity contribution in [3.8, 4) is 33.9 Å². The summed E-state index contributed by atoms with van der Waals surface area (Å²) in [5.41, 5.74) is 4.87. The summed E-state index contributed by atoms with van der Waals surface area (Å²) in [6.07, 6.45) is 5.07. The highest BCUT2D eigenvalue weighted by atomic mass is 32.2. The zero-order chi connectivity index (χ0) is 27.7. The fourth-order valence-electron chi connectivity index (χ4n) is 4.40. The SMILES string of the molecule is Cc1noc(NS(=O)(=O)c2ccccc2-c2ccc(-c3ncco3)cc2Cc2ncc(-c3ccccc3)o2)c1C. The van der Waals surface area contributed by atoms with Crippen LogP contribution in [0, 0.1) is 13.8 Å². The zero-order valence-electron chi connectivity index (χ0n) is 21.7. The maximum Gasteiger partial charge on any atom is 0.264 e. The number of aromatic nitrogens is 3. The fraction of sp³-hybridized carbons (Fsp3) is 0.100. The maximum absolute atomic E-state index is 13.6. The van der Waals surface area contributed by atoms with E-state index in [1.54, 1.807) is 50.5 Å². The van der Waals surface area contributed by atoms with Crippen molar-refractivity contribution < 1.29 is 21.8 Å². The minimum Gasteiger partial charge on any atom is -0.445 e. The molecule has 0 amide bonds. The number of sulfonamides is 1. The van der Waals surface area contributed by atoms with Crippen LogP contribution in [-0.4, -0.2) is 23.5 Å². The van der Waals surface area contributed by atoms with Crippen LogP contribution < -0.4 is 4.72 Å². The van der Waals surface area contributed by atoms with Crippen molar-refractivity contribution >= 4 is 15.9 Å². The lowest BCUT2D eigenvalue weighted by atomic mass is 9.95. The average molecular weight is 553 g/mol. The average Bonchev–Trinajstić information content (AvgIpc) is 3.74. The van der Waals surface area contributed by atoms with E-state index < -0.39 is 10.0 Å². The molecule has 0 aliphatic carbocycles. The summed E-state index contributed by atoms with van der Waals surface area (Å²) in [6.45, 7) is 3.49.